The molecule has 1 aliphatic heterocycles. The summed E-state index contributed by atoms with van der Waals surface area (Å²) < 4.78 is 5.34. The van der Waals surface area contributed by atoms with E-state index in [1.807, 2.05) is 0 Å². The first-order valence-corrected chi connectivity index (χ1v) is 6.54. The summed E-state index contributed by atoms with van der Waals surface area (Å²) in [4.78, 5) is 23.7. The van der Waals surface area contributed by atoms with Gasteiger partial charge in [0, 0.05) is 17.4 Å². The van der Waals surface area contributed by atoms with Gasteiger partial charge in [0.15, 0.2) is 5.78 Å². The molecule has 1 saturated heterocycles. The van der Waals surface area contributed by atoms with Crippen molar-refractivity contribution >= 4 is 11.8 Å². The maximum atomic E-state index is 12.1. The van der Waals surface area contributed by atoms with Crippen molar-refractivity contribution in [3.63, 3.8) is 0 Å². The second kappa shape index (κ2) is 3.67. The van der Waals surface area contributed by atoms with Crippen LogP contribution in [0.2, 0.25) is 0 Å². The first kappa shape index (κ1) is 11.9. The van der Waals surface area contributed by atoms with Crippen molar-refractivity contribution < 1.29 is 19.4 Å². The molecule has 0 spiro atoms. The van der Waals surface area contributed by atoms with Crippen molar-refractivity contribution in [1.82, 2.24) is 0 Å². The van der Waals surface area contributed by atoms with Crippen LogP contribution in [0.4, 0.5) is 0 Å². The Bertz CT molecular complexity index is 441. The van der Waals surface area contributed by atoms with E-state index in [9.17, 15) is 14.7 Å². The van der Waals surface area contributed by atoms with E-state index in [-0.39, 0.29) is 35.1 Å². The van der Waals surface area contributed by atoms with Crippen LogP contribution in [0, 0.1) is 17.3 Å². The Balaban J connectivity index is 1.91. The van der Waals surface area contributed by atoms with Gasteiger partial charge >= 0.3 is 5.97 Å². The third kappa shape index (κ3) is 1.48. The SMILES string of the molecule is C=C1C(=O)OC2CC3(C)CCC(O)C(=O)C3CC12. The normalized spacial score (nSPS) is 47.6. The Hall–Kier alpha value is -1.16. The summed E-state index contributed by atoms with van der Waals surface area (Å²) in [5, 5.41) is 9.72. The zero-order chi connectivity index (χ0) is 13.1. The molecule has 98 valence electrons. The molecule has 2 saturated carbocycles. The first-order valence-electron chi connectivity index (χ1n) is 6.54. The van der Waals surface area contributed by atoms with Crippen LogP contribution in [-0.2, 0) is 14.3 Å². The van der Waals surface area contributed by atoms with E-state index in [2.05, 4.69) is 13.5 Å². The molecule has 0 bridgehead atoms. The fourth-order valence-electron chi connectivity index (χ4n) is 3.87. The van der Waals surface area contributed by atoms with Crippen LogP contribution in [0.25, 0.3) is 0 Å². The number of hydrogen-bond acceptors (Lipinski definition) is 4. The quantitative estimate of drug-likeness (QED) is 0.518. The average Bonchev–Trinajstić information content (AvgIpc) is 2.58. The van der Waals surface area contributed by atoms with E-state index in [0.29, 0.717) is 24.8 Å². The molecule has 4 nitrogen and oxygen atoms in total. The van der Waals surface area contributed by atoms with E-state index in [1.165, 1.54) is 0 Å². The molecule has 1 heterocycles. The second-order valence-corrected chi connectivity index (χ2v) is 6.18. The number of fused-ring (bicyclic) bond motifs is 2. The summed E-state index contributed by atoms with van der Waals surface area (Å²) in [6.07, 6.45) is 1.71. The van der Waals surface area contributed by atoms with Crippen LogP contribution in [-0.4, -0.2) is 29.1 Å². The van der Waals surface area contributed by atoms with E-state index in [1.54, 1.807) is 0 Å². The topological polar surface area (TPSA) is 63.6 Å². The van der Waals surface area contributed by atoms with Crippen LogP contribution in [0.3, 0.4) is 0 Å². The number of Topliss-reactive ketones (excluding diaryl/α,β-unsaturated/α-hetero) is 1. The summed E-state index contributed by atoms with van der Waals surface area (Å²) in [6, 6.07) is 0. The lowest BCUT2D eigenvalue weighted by Gasteiger charge is -2.48. The number of ketones is 1. The lowest BCUT2D eigenvalue weighted by Crippen LogP contribution is -2.50. The molecule has 0 radical (unpaired) electrons. The molecule has 0 aromatic carbocycles. The van der Waals surface area contributed by atoms with Gasteiger partial charge in [-0.05, 0) is 31.1 Å². The molecule has 5 atom stereocenters. The largest absolute Gasteiger partial charge is 0.458 e. The molecule has 3 rings (SSSR count). The molecule has 3 fully saturated rings. The molecular weight excluding hydrogens is 232 g/mol. The summed E-state index contributed by atoms with van der Waals surface area (Å²) in [5.41, 5.74) is 0.359. The minimum atomic E-state index is -0.828. The first-order chi connectivity index (χ1) is 8.42. The standard InChI is InChI=1S/C14H18O4/c1-7-8-5-9-12(16)10(15)3-4-14(9,2)6-11(8)18-13(7)17/h8-11,15H,1,3-6H2,2H3. The Morgan fingerprint density at radius 3 is 2.89 bits per heavy atom. The number of aliphatic hydroxyl groups is 1. The number of rotatable bonds is 0. The van der Waals surface area contributed by atoms with Crippen molar-refractivity contribution in [2.24, 2.45) is 17.3 Å². The van der Waals surface area contributed by atoms with Gasteiger partial charge in [-0.15, -0.1) is 0 Å². The monoisotopic (exact) mass is 250 g/mol. The highest BCUT2D eigenvalue weighted by Crippen LogP contribution is 2.54. The summed E-state index contributed by atoms with van der Waals surface area (Å²) in [5.74, 6) is -0.576. The number of carbonyl (C=O) groups is 2. The lowest BCUT2D eigenvalue weighted by atomic mass is 9.56. The summed E-state index contributed by atoms with van der Waals surface area (Å²) in [7, 11) is 0. The van der Waals surface area contributed by atoms with Crippen LogP contribution in [0.1, 0.15) is 32.6 Å². The van der Waals surface area contributed by atoms with Gasteiger partial charge in [0.2, 0.25) is 0 Å². The zero-order valence-electron chi connectivity index (χ0n) is 10.5. The number of carbonyl (C=O) groups excluding carboxylic acids is 2. The lowest BCUT2D eigenvalue weighted by molar-refractivity contribution is -0.152. The molecule has 0 aromatic rings. The van der Waals surface area contributed by atoms with Crippen molar-refractivity contribution in [3.8, 4) is 0 Å². The number of hydrogen-bond donors (Lipinski definition) is 1. The summed E-state index contributed by atoms with van der Waals surface area (Å²) in [6.45, 7) is 5.85. The third-order valence-electron chi connectivity index (χ3n) is 5.08. The molecule has 4 heteroatoms. The van der Waals surface area contributed by atoms with E-state index < -0.39 is 6.10 Å². The van der Waals surface area contributed by atoms with Gasteiger partial charge in [-0.1, -0.05) is 13.5 Å². The van der Waals surface area contributed by atoms with Gasteiger partial charge in [-0.3, -0.25) is 4.79 Å². The molecule has 18 heavy (non-hydrogen) atoms. The van der Waals surface area contributed by atoms with Gasteiger partial charge in [0.25, 0.3) is 0 Å². The second-order valence-electron chi connectivity index (χ2n) is 6.18. The van der Waals surface area contributed by atoms with Crippen molar-refractivity contribution in [1.29, 1.82) is 0 Å². The molecule has 0 aromatic heterocycles. The Morgan fingerprint density at radius 1 is 1.44 bits per heavy atom. The van der Waals surface area contributed by atoms with Gasteiger partial charge < -0.3 is 9.84 Å². The van der Waals surface area contributed by atoms with Crippen molar-refractivity contribution in [3.05, 3.63) is 12.2 Å². The van der Waals surface area contributed by atoms with E-state index in [4.69, 9.17) is 4.74 Å². The van der Waals surface area contributed by atoms with E-state index in [0.717, 1.165) is 6.42 Å². The van der Waals surface area contributed by atoms with E-state index >= 15 is 0 Å². The minimum absolute atomic E-state index is 0.0372. The third-order valence-corrected chi connectivity index (χ3v) is 5.08. The number of aliphatic hydroxyl groups excluding tert-OH is 1. The van der Waals surface area contributed by atoms with Gasteiger partial charge in [0.1, 0.15) is 12.2 Å². The Morgan fingerprint density at radius 2 is 2.17 bits per heavy atom. The molecular formula is C14H18O4. The fraction of sp³-hybridized carbons (Fsp3) is 0.714. The summed E-state index contributed by atoms with van der Waals surface area (Å²) >= 11 is 0. The predicted molar refractivity (Wildman–Crippen MR) is 63.6 cm³/mol. The minimum Gasteiger partial charge on any atom is -0.458 e. The van der Waals surface area contributed by atoms with Gasteiger partial charge in [-0.2, -0.15) is 0 Å². The molecule has 2 aliphatic carbocycles. The number of esters is 1. The van der Waals surface area contributed by atoms with Crippen molar-refractivity contribution in [2.45, 2.75) is 44.8 Å². The maximum absolute atomic E-state index is 12.1. The van der Waals surface area contributed by atoms with Gasteiger partial charge in [-0.25, -0.2) is 4.79 Å². The van der Waals surface area contributed by atoms with Crippen LogP contribution >= 0.6 is 0 Å². The van der Waals surface area contributed by atoms with Crippen LogP contribution in [0.5, 0.6) is 0 Å². The highest BCUT2D eigenvalue weighted by Gasteiger charge is 2.55. The highest BCUT2D eigenvalue weighted by molar-refractivity contribution is 5.92. The Labute approximate surface area is 106 Å². The molecule has 0 amide bonds. The smallest absolute Gasteiger partial charge is 0.334 e. The molecule has 3 aliphatic rings. The molecule has 5 unspecified atom stereocenters. The predicted octanol–water partition coefficient (Wildman–Crippen LogP) is 1.22. The molecule has 1 N–H and O–H groups in total. The van der Waals surface area contributed by atoms with Crippen molar-refractivity contribution in [2.75, 3.05) is 0 Å². The number of ether oxygens (including phenoxy) is 1. The fourth-order valence-corrected chi connectivity index (χ4v) is 3.87. The highest BCUT2D eigenvalue weighted by atomic mass is 16.6. The maximum Gasteiger partial charge on any atom is 0.334 e. The average molecular weight is 250 g/mol. The Kier molecular flexibility index (Phi) is 2.43. The van der Waals surface area contributed by atoms with Crippen LogP contribution < -0.4 is 0 Å². The van der Waals surface area contributed by atoms with Gasteiger partial charge in [0.05, 0.1) is 0 Å². The van der Waals surface area contributed by atoms with Crippen LogP contribution in [0.15, 0.2) is 12.2 Å². The zero-order valence-corrected chi connectivity index (χ0v) is 10.5.